The Balaban J connectivity index is 1.19. The molecule has 4 aliphatic rings. The first-order valence-corrected chi connectivity index (χ1v) is 13.5. The van der Waals surface area contributed by atoms with Gasteiger partial charge in [-0.05, 0) is 48.7 Å². The number of ether oxygens (including phenoxy) is 3. The van der Waals surface area contributed by atoms with E-state index in [1.165, 1.54) is 0 Å². The summed E-state index contributed by atoms with van der Waals surface area (Å²) < 4.78 is 20.0. The van der Waals surface area contributed by atoms with Crippen LogP contribution in [0.2, 0.25) is 0 Å². The molecule has 0 radical (unpaired) electrons. The summed E-state index contributed by atoms with van der Waals surface area (Å²) in [6.45, 7) is 3.30. The van der Waals surface area contributed by atoms with Gasteiger partial charge in [0.2, 0.25) is 5.78 Å². The minimum atomic E-state index is -0.231. The van der Waals surface area contributed by atoms with Crippen LogP contribution in [0.1, 0.15) is 45.1 Å². The Bertz CT molecular complexity index is 1580. The molecule has 4 aliphatic heterocycles. The fourth-order valence-corrected chi connectivity index (χ4v) is 6.78. The summed E-state index contributed by atoms with van der Waals surface area (Å²) in [7, 11) is 0. The number of carbonyl (C=O) groups is 1. The van der Waals surface area contributed by atoms with Crippen molar-refractivity contribution in [1.29, 1.82) is 0 Å². The SMILES string of the molecule is O=C1/C(=C\c2cc(Br)cc3c2OCOC3)Oc2c1ccc(O)c2CN1C[C@@H]2C[C@H](C1)c1cccc(=O)n1C2. The van der Waals surface area contributed by atoms with Gasteiger partial charge in [-0.2, -0.15) is 0 Å². The van der Waals surface area contributed by atoms with Crippen molar-refractivity contribution in [1.82, 2.24) is 9.47 Å². The van der Waals surface area contributed by atoms with Gasteiger partial charge in [-0.25, -0.2) is 0 Å². The third-order valence-electron chi connectivity index (χ3n) is 7.84. The zero-order chi connectivity index (χ0) is 26.0. The molecule has 9 heteroatoms. The summed E-state index contributed by atoms with van der Waals surface area (Å²) in [4.78, 5) is 28.0. The van der Waals surface area contributed by atoms with Gasteiger partial charge in [0.25, 0.3) is 5.56 Å². The number of aromatic hydroxyl groups is 1. The second kappa shape index (κ2) is 9.11. The van der Waals surface area contributed by atoms with Crippen LogP contribution in [0.4, 0.5) is 0 Å². The van der Waals surface area contributed by atoms with Crippen LogP contribution in [0.5, 0.6) is 17.2 Å². The lowest BCUT2D eigenvalue weighted by Crippen LogP contribution is -2.46. The molecule has 0 aliphatic carbocycles. The number of fused-ring (bicyclic) bond motifs is 6. The van der Waals surface area contributed by atoms with E-state index in [-0.39, 0.29) is 35.6 Å². The van der Waals surface area contributed by atoms with E-state index in [0.717, 1.165) is 40.8 Å². The molecule has 0 unspecified atom stereocenters. The highest BCUT2D eigenvalue weighted by Crippen LogP contribution is 2.43. The molecule has 2 aromatic carbocycles. The number of pyridine rings is 1. The van der Waals surface area contributed by atoms with Crippen molar-refractivity contribution in [2.75, 3.05) is 19.9 Å². The molecule has 1 saturated heterocycles. The summed E-state index contributed by atoms with van der Waals surface area (Å²) in [6.07, 6.45) is 2.74. The number of carbonyl (C=O) groups excluding carboxylic acids is 1. The molecule has 0 saturated carbocycles. The van der Waals surface area contributed by atoms with Crippen LogP contribution >= 0.6 is 15.9 Å². The van der Waals surface area contributed by atoms with Crippen LogP contribution in [-0.4, -0.2) is 40.2 Å². The van der Waals surface area contributed by atoms with Gasteiger partial charge in [-0.3, -0.25) is 14.5 Å². The lowest BCUT2D eigenvalue weighted by atomic mass is 9.83. The maximum absolute atomic E-state index is 13.3. The Morgan fingerprint density at radius 2 is 1.97 bits per heavy atom. The zero-order valence-electron chi connectivity index (χ0n) is 20.5. The number of piperidine rings is 1. The number of phenolic OH excluding ortho intramolecular Hbond substituents is 1. The van der Waals surface area contributed by atoms with Crippen LogP contribution < -0.4 is 15.0 Å². The first kappa shape index (κ1) is 23.7. The lowest BCUT2D eigenvalue weighted by Gasteiger charge is -2.42. The van der Waals surface area contributed by atoms with Crippen LogP contribution in [-0.2, 0) is 24.4 Å². The number of Topliss-reactive ketones (excluding diaryl/α,β-unsaturated/α-hetero) is 1. The van der Waals surface area contributed by atoms with E-state index in [2.05, 4.69) is 20.8 Å². The highest BCUT2D eigenvalue weighted by atomic mass is 79.9. The van der Waals surface area contributed by atoms with Crippen molar-refractivity contribution in [3.05, 3.63) is 91.0 Å². The molecule has 8 nitrogen and oxygen atoms in total. The Kier molecular flexibility index (Phi) is 5.68. The minimum absolute atomic E-state index is 0.0556. The average molecular weight is 577 g/mol. The van der Waals surface area contributed by atoms with E-state index in [4.69, 9.17) is 14.2 Å². The van der Waals surface area contributed by atoms with Gasteiger partial charge in [0.15, 0.2) is 12.6 Å². The smallest absolute Gasteiger partial charge is 0.250 e. The monoisotopic (exact) mass is 576 g/mol. The molecule has 5 heterocycles. The molecular formula is C29H25BrN2O6. The van der Waals surface area contributed by atoms with Crippen LogP contribution in [0.3, 0.4) is 0 Å². The van der Waals surface area contributed by atoms with Crippen molar-refractivity contribution in [2.24, 2.45) is 5.92 Å². The minimum Gasteiger partial charge on any atom is -0.507 e. The van der Waals surface area contributed by atoms with Gasteiger partial charge in [0.05, 0.1) is 17.7 Å². The highest BCUT2D eigenvalue weighted by molar-refractivity contribution is 9.10. The molecular weight excluding hydrogens is 552 g/mol. The molecule has 1 fully saturated rings. The zero-order valence-corrected chi connectivity index (χ0v) is 22.1. The molecule has 1 N–H and O–H groups in total. The molecule has 2 atom stereocenters. The number of phenols is 1. The van der Waals surface area contributed by atoms with Crippen molar-refractivity contribution < 1.29 is 24.1 Å². The van der Waals surface area contributed by atoms with Gasteiger partial charge in [-0.1, -0.05) is 22.0 Å². The quantitative estimate of drug-likeness (QED) is 0.461. The second-order valence-corrected chi connectivity index (χ2v) is 11.3. The number of benzene rings is 2. The van der Waals surface area contributed by atoms with Crippen LogP contribution in [0.15, 0.2) is 57.5 Å². The fraction of sp³-hybridized carbons (Fsp3) is 0.310. The Labute approximate surface area is 227 Å². The number of hydrogen-bond donors (Lipinski definition) is 1. The Hall–Kier alpha value is -3.40. The third-order valence-corrected chi connectivity index (χ3v) is 8.30. The predicted molar refractivity (Wildman–Crippen MR) is 142 cm³/mol. The standard InChI is InChI=1S/C29H25BrN2O6/c30-20-7-17(28-19(8-20)14-36-15-37-28)9-25-27(35)21-4-5-24(33)22(29(21)38-25)13-31-10-16-6-18(12-31)23-2-1-3-26(34)32(23)11-16/h1-5,7-9,16,18,33H,6,10-15H2/b25-9+/t16-,18+/m0/s1. The molecule has 7 rings (SSSR count). The van der Waals surface area contributed by atoms with Gasteiger partial charge in [0.1, 0.15) is 17.2 Å². The first-order valence-electron chi connectivity index (χ1n) is 12.7. The fourth-order valence-electron chi connectivity index (χ4n) is 6.26. The molecule has 0 amide bonds. The van der Waals surface area contributed by atoms with Crippen LogP contribution in [0, 0.1) is 5.92 Å². The molecule has 38 heavy (non-hydrogen) atoms. The molecule has 3 aromatic rings. The molecule has 1 aromatic heterocycles. The summed E-state index contributed by atoms with van der Waals surface area (Å²) in [5, 5.41) is 10.8. The van der Waals surface area contributed by atoms with Crippen molar-refractivity contribution in [3.8, 4) is 17.2 Å². The first-order chi connectivity index (χ1) is 18.4. The van der Waals surface area contributed by atoms with Crippen LogP contribution in [0.25, 0.3) is 6.08 Å². The lowest BCUT2D eigenvalue weighted by molar-refractivity contribution is -0.0165. The summed E-state index contributed by atoms with van der Waals surface area (Å²) in [6, 6.07) is 12.5. The topological polar surface area (TPSA) is 90.2 Å². The van der Waals surface area contributed by atoms with E-state index < -0.39 is 0 Å². The number of allylic oxidation sites excluding steroid dienone is 1. The summed E-state index contributed by atoms with van der Waals surface area (Å²) in [5.41, 5.74) is 3.77. The van der Waals surface area contributed by atoms with Gasteiger partial charge in [0, 0.05) is 59.5 Å². The number of hydrogen-bond acceptors (Lipinski definition) is 7. The number of rotatable bonds is 3. The van der Waals surface area contributed by atoms with E-state index in [1.54, 1.807) is 24.3 Å². The van der Waals surface area contributed by atoms with E-state index in [1.807, 2.05) is 28.8 Å². The number of halogens is 1. The van der Waals surface area contributed by atoms with Crippen molar-refractivity contribution in [2.45, 2.75) is 32.0 Å². The number of ketones is 1. The Morgan fingerprint density at radius 3 is 2.87 bits per heavy atom. The molecule has 0 spiro atoms. The van der Waals surface area contributed by atoms with E-state index in [0.29, 0.717) is 48.2 Å². The second-order valence-electron chi connectivity index (χ2n) is 10.4. The number of nitrogens with zero attached hydrogens (tertiary/aromatic N) is 2. The predicted octanol–water partition coefficient (Wildman–Crippen LogP) is 4.42. The van der Waals surface area contributed by atoms with Gasteiger partial charge < -0.3 is 23.9 Å². The van der Waals surface area contributed by atoms with E-state index in [9.17, 15) is 14.7 Å². The van der Waals surface area contributed by atoms with Gasteiger partial charge >= 0.3 is 0 Å². The summed E-state index contributed by atoms with van der Waals surface area (Å²) in [5.74, 6) is 1.73. The van der Waals surface area contributed by atoms with E-state index >= 15 is 0 Å². The molecule has 194 valence electrons. The van der Waals surface area contributed by atoms with Crippen molar-refractivity contribution >= 4 is 27.8 Å². The number of likely N-dealkylation sites (tertiary alicyclic amines) is 1. The normalized spacial score (nSPS) is 22.9. The number of aromatic nitrogens is 1. The maximum Gasteiger partial charge on any atom is 0.250 e. The summed E-state index contributed by atoms with van der Waals surface area (Å²) >= 11 is 3.52. The molecule has 2 bridgehead atoms. The maximum atomic E-state index is 13.3. The average Bonchev–Trinajstić information content (AvgIpc) is 3.21. The van der Waals surface area contributed by atoms with Gasteiger partial charge in [-0.15, -0.1) is 0 Å². The highest BCUT2D eigenvalue weighted by Gasteiger charge is 2.37. The van der Waals surface area contributed by atoms with Crippen molar-refractivity contribution in [3.63, 3.8) is 0 Å². The largest absolute Gasteiger partial charge is 0.507 e. The third kappa shape index (κ3) is 3.97. The Morgan fingerprint density at radius 1 is 1.08 bits per heavy atom.